The molecular formula is C20H30O4. The molecule has 0 spiro atoms. The van der Waals surface area contributed by atoms with Crippen LogP contribution in [0.4, 0.5) is 0 Å². The van der Waals surface area contributed by atoms with E-state index in [1.165, 1.54) is 5.56 Å². The van der Waals surface area contributed by atoms with Crippen LogP contribution < -0.4 is 0 Å². The van der Waals surface area contributed by atoms with Crippen LogP contribution in [0.2, 0.25) is 0 Å². The highest BCUT2D eigenvalue weighted by Gasteiger charge is 2.44. The second kappa shape index (κ2) is 8.24. The van der Waals surface area contributed by atoms with Gasteiger partial charge < -0.3 is 19.0 Å². The molecule has 1 aromatic carbocycles. The van der Waals surface area contributed by atoms with Crippen LogP contribution in [0.5, 0.6) is 0 Å². The van der Waals surface area contributed by atoms with E-state index in [9.17, 15) is 4.79 Å². The second-order valence-corrected chi connectivity index (χ2v) is 7.40. The Hall–Kier alpha value is -1.23. The Balaban J connectivity index is 1.95. The number of ether oxygens (including phenoxy) is 3. The Bertz CT molecular complexity index is 514. The summed E-state index contributed by atoms with van der Waals surface area (Å²) in [5.74, 6) is -0.489. The van der Waals surface area contributed by atoms with Gasteiger partial charge in [-0.15, -0.1) is 0 Å². The summed E-state index contributed by atoms with van der Waals surface area (Å²) in [7, 11) is 0. The van der Waals surface area contributed by atoms with Gasteiger partial charge in [0.15, 0.2) is 5.79 Å². The molecule has 1 aliphatic heterocycles. The van der Waals surface area contributed by atoms with E-state index in [2.05, 4.69) is 26.0 Å². The summed E-state index contributed by atoms with van der Waals surface area (Å²) in [5, 5.41) is 0. The predicted molar refractivity (Wildman–Crippen MR) is 93.5 cm³/mol. The molecule has 4 nitrogen and oxygen atoms in total. The fraction of sp³-hybridized carbons (Fsp3) is 0.650. The first kappa shape index (κ1) is 19.1. The van der Waals surface area contributed by atoms with Gasteiger partial charge in [-0.2, -0.15) is 0 Å². The molecule has 134 valence electrons. The summed E-state index contributed by atoms with van der Waals surface area (Å²) in [4.78, 5) is 11.2. The molecule has 1 aliphatic rings. The first-order chi connectivity index (χ1) is 11.3. The summed E-state index contributed by atoms with van der Waals surface area (Å²) in [6.45, 7) is 11.2. The Morgan fingerprint density at radius 2 is 1.79 bits per heavy atom. The summed E-state index contributed by atoms with van der Waals surface area (Å²) in [5.41, 5.74) is 1.17. The lowest BCUT2D eigenvalue weighted by molar-refractivity contribution is -0.333. The molecule has 1 aromatic rings. The van der Waals surface area contributed by atoms with Crippen molar-refractivity contribution in [3.63, 3.8) is 0 Å². The SMILES string of the molecule is CC(C=O)C1OC(C)(C)OC(C(C)COCc2ccccc2)C1C. The fourth-order valence-corrected chi connectivity index (χ4v) is 3.41. The van der Waals surface area contributed by atoms with Gasteiger partial charge in [0.2, 0.25) is 0 Å². The van der Waals surface area contributed by atoms with Gasteiger partial charge in [0.1, 0.15) is 6.29 Å². The zero-order valence-electron chi connectivity index (χ0n) is 15.4. The van der Waals surface area contributed by atoms with Crippen molar-refractivity contribution in [3.05, 3.63) is 35.9 Å². The van der Waals surface area contributed by atoms with E-state index in [1.807, 2.05) is 39.0 Å². The van der Waals surface area contributed by atoms with E-state index in [4.69, 9.17) is 14.2 Å². The Morgan fingerprint density at radius 3 is 2.42 bits per heavy atom. The van der Waals surface area contributed by atoms with Crippen LogP contribution in [0.15, 0.2) is 30.3 Å². The standard InChI is InChI=1S/C20H30O4/c1-14(11-21)18-16(3)19(24-20(4,5)23-18)15(2)12-22-13-17-9-7-6-8-10-17/h6-11,14-16,18-19H,12-13H2,1-5H3. The molecule has 0 N–H and O–H groups in total. The summed E-state index contributed by atoms with van der Waals surface area (Å²) >= 11 is 0. The number of carbonyl (C=O) groups is 1. The van der Waals surface area contributed by atoms with Crippen LogP contribution in [0.25, 0.3) is 0 Å². The maximum Gasteiger partial charge on any atom is 0.163 e. The van der Waals surface area contributed by atoms with Crippen molar-refractivity contribution >= 4 is 6.29 Å². The fourth-order valence-electron chi connectivity index (χ4n) is 3.41. The number of hydrogen-bond donors (Lipinski definition) is 0. The van der Waals surface area contributed by atoms with Gasteiger partial charge in [0.05, 0.1) is 25.4 Å². The lowest BCUT2D eigenvalue weighted by atomic mass is 9.83. The molecule has 1 heterocycles. The van der Waals surface area contributed by atoms with Gasteiger partial charge in [0, 0.05) is 17.8 Å². The highest BCUT2D eigenvalue weighted by atomic mass is 16.7. The number of carbonyl (C=O) groups excluding carboxylic acids is 1. The van der Waals surface area contributed by atoms with Crippen LogP contribution in [-0.2, 0) is 25.6 Å². The molecule has 4 heteroatoms. The van der Waals surface area contributed by atoms with Crippen molar-refractivity contribution in [1.29, 1.82) is 0 Å². The molecule has 1 saturated heterocycles. The minimum absolute atomic E-state index is 0.00285. The monoisotopic (exact) mass is 334 g/mol. The largest absolute Gasteiger partial charge is 0.376 e. The average Bonchev–Trinajstić information content (AvgIpc) is 2.56. The quantitative estimate of drug-likeness (QED) is 0.711. The van der Waals surface area contributed by atoms with E-state index < -0.39 is 5.79 Å². The van der Waals surface area contributed by atoms with Crippen LogP contribution in [0.3, 0.4) is 0 Å². The molecule has 0 saturated carbocycles. The Morgan fingerprint density at radius 1 is 1.17 bits per heavy atom. The number of hydrogen-bond acceptors (Lipinski definition) is 4. The minimum atomic E-state index is -0.688. The molecule has 0 radical (unpaired) electrons. The number of rotatable bonds is 7. The maximum atomic E-state index is 11.2. The number of aldehydes is 1. The highest BCUT2D eigenvalue weighted by Crippen LogP contribution is 2.37. The van der Waals surface area contributed by atoms with E-state index >= 15 is 0 Å². The Labute approximate surface area is 145 Å². The van der Waals surface area contributed by atoms with Crippen molar-refractivity contribution in [2.24, 2.45) is 17.8 Å². The van der Waals surface area contributed by atoms with Gasteiger partial charge in [0.25, 0.3) is 0 Å². The van der Waals surface area contributed by atoms with Gasteiger partial charge >= 0.3 is 0 Å². The van der Waals surface area contributed by atoms with E-state index in [0.717, 1.165) is 6.29 Å². The topological polar surface area (TPSA) is 44.8 Å². The lowest BCUT2D eigenvalue weighted by Crippen LogP contribution is -2.54. The van der Waals surface area contributed by atoms with E-state index in [0.29, 0.717) is 13.2 Å². The molecule has 0 aromatic heterocycles. The van der Waals surface area contributed by atoms with Crippen LogP contribution in [-0.4, -0.2) is 30.9 Å². The van der Waals surface area contributed by atoms with Gasteiger partial charge in [-0.1, -0.05) is 51.1 Å². The second-order valence-electron chi connectivity index (χ2n) is 7.40. The molecule has 0 aliphatic carbocycles. The molecule has 1 fully saturated rings. The zero-order valence-corrected chi connectivity index (χ0v) is 15.4. The summed E-state index contributed by atoms with van der Waals surface area (Å²) < 4.78 is 18.0. The molecule has 2 rings (SSSR count). The Kier molecular flexibility index (Phi) is 6.55. The molecule has 24 heavy (non-hydrogen) atoms. The van der Waals surface area contributed by atoms with Gasteiger partial charge in [-0.3, -0.25) is 0 Å². The van der Waals surface area contributed by atoms with E-state index in [1.54, 1.807) is 0 Å². The molecule has 0 bridgehead atoms. The smallest absolute Gasteiger partial charge is 0.163 e. The van der Waals surface area contributed by atoms with Crippen molar-refractivity contribution in [2.45, 2.75) is 59.2 Å². The predicted octanol–water partition coefficient (Wildman–Crippen LogP) is 3.83. The van der Waals surface area contributed by atoms with Crippen molar-refractivity contribution in [3.8, 4) is 0 Å². The lowest BCUT2D eigenvalue weighted by Gasteiger charge is -2.48. The van der Waals surface area contributed by atoms with Crippen molar-refractivity contribution < 1.29 is 19.0 Å². The van der Waals surface area contributed by atoms with Gasteiger partial charge in [-0.05, 0) is 19.4 Å². The normalized spacial score (nSPS) is 29.0. The van der Waals surface area contributed by atoms with Crippen LogP contribution in [0.1, 0.15) is 40.2 Å². The molecule has 5 unspecified atom stereocenters. The molecule has 5 atom stereocenters. The van der Waals surface area contributed by atoms with E-state index in [-0.39, 0.29) is 30.0 Å². The van der Waals surface area contributed by atoms with Crippen molar-refractivity contribution in [2.75, 3.05) is 6.61 Å². The van der Waals surface area contributed by atoms with Crippen LogP contribution in [0, 0.1) is 17.8 Å². The van der Waals surface area contributed by atoms with Crippen LogP contribution >= 0.6 is 0 Å². The highest BCUT2D eigenvalue weighted by molar-refractivity contribution is 5.54. The average molecular weight is 334 g/mol. The number of benzene rings is 1. The third-order valence-corrected chi connectivity index (χ3v) is 4.66. The minimum Gasteiger partial charge on any atom is -0.376 e. The van der Waals surface area contributed by atoms with Gasteiger partial charge in [-0.25, -0.2) is 0 Å². The zero-order chi connectivity index (χ0) is 17.7. The van der Waals surface area contributed by atoms with Crippen molar-refractivity contribution in [1.82, 2.24) is 0 Å². The summed E-state index contributed by atoms with van der Waals surface area (Å²) in [6, 6.07) is 10.1. The first-order valence-corrected chi connectivity index (χ1v) is 8.76. The maximum absolute atomic E-state index is 11.2. The third-order valence-electron chi connectivity index (χ3n) is 4.66. The summed E-state index contributed by atoms with van der Waals surface area (Å²) in [6.07, 6.45) is 0.834. The molecular weight excluding hydrogens is 304 g/mol. The molecule has 0 amide bonds. The third kappa shape index (κ3) is 4.88. The first-order valence-electron chi connectivity index (χ1n) is 8.76.